The van der Waals surface area contributed by atoms with Gasteiger partial charge in [-0.2, -0.15) is 5.10 Å². The number of ketones is 1. The highest BCUT2D eigenvalue weighted by Crippen LogP contribution is 2.15. The number of Topliss-reactive ketones (excluding diaryl/α,β-unsaturated/α-hetero) is 1. The quantitative estimate of drug-likeness (QED) is 0.638. The van der Waals surface area contributed by atoms with Crippen molar-refractivity contribution in [3.05, 3.63) is 53.3 Å². The summed E-state index contributed by atoms with van der Waals surface area (Å²) in [6.07, 6.45) is 1.07. The normalized spacial score (nSPS) is 14.7. The predicted molar refractivity (Wildman–Crippen MR) is 99.6 cm³/mol. The predicted octanol–water partition coefficient (Wildman–Crippen LogP) is 2.24. The van der Waals surface area contributed by atoms with Crippen LogP contribution in [-0.4, -0.2) is 39.5 Å². The van der Waals surface area contributed by atoms with Crippen molar-refractivity contribution in [1.82, 2.24) is 20.0 Å². The lowest BCUT2D eigenvalue weighted by Crippen LogP contribution is -2.30. The van der Waals surface area contributed by atoms with Crippen molar-refractivity contribution in [2.24, 2.45) is 5.92 Å². The number of fused-ring (bicyclic) bond motifs is 1. The first kappa shape index (κ1) is 18.3. The van der Waals surface area contributed by atoms with Gasteiger partial charge in [0, 0.05) is 31.7 Å². The molecule has 2 aromatic rings. The highest BCUT2D eigenvalue weighted by molar-refractivity contribution is 6.42. The molecule has 1 aliphatic rings. The number of aromatic nitrogens is 2. The van der Waals surface area contributed by atoms with Crippen LogP contribution >= 0.6 is 0 Å². The Morgan fingerprint density at radius 2 is 1.96 bits per heavy atom. The van der Waals surface area contributed by atoms with Gasteiger partial charge in [-0.05, 0) is 18.4 Å². The maximum atomic E-state index is 12.1. The van der Waals surface area contributed by atoms with Crippen LogP contribution in [0, 0.1) is 5.92 Å². The molecule has 1 aliphatic heterocycles. The maximum absolute atomic E-state index is 12.1. The maximum Gasteiger partial charge on any atom is 0.292 e. The van der Waals surface area contributed by atoms with E-state index >= 15 is 0 Å². The molecular weight excluding hydrogens is 328 g/mol. The summed E-state index contributed by atoms with van der Waals surface area (Å²) in [5.41, 5.74) is 2.36. The van der Waals surface area contributed by atoms with E-state index in [0.29, 0.717) is 11.5 Å². The third-order valence-electron chi connectivity index (χ3n) is 4.44. The molecule has 1 amide bonds. The van der Waals surface area contributed by atoms with E-state index in [0.717, 1.165) is 38.3 Å². The number of carbonyl (C=O) groups is 2. The monoisotopic (exact) mass is 354 g/mol. The van der Waals surface area contributed by atoms with E-state index in [1.807, 2.05) is 16.8 Å². The van der Waals surface area contributed by atoms with E-state index in [1.165, 1.54) is 5.69 Å². The van der Waals surface area contributed by atoms with Gasteiger partial charge in [-0.15, -0.1) is 0 Å². The molecule has 0 saturated heterocycles. The summed E-state index contributed by atoms with van der Waals surface area (Å²) in [6, 6.07) is 10.6. The molecule has 1 N–H and O–H groups in total. The fourth-order valence-electron chi connectivity index (χ4n) is 3.32. The number of amides is 1. The van der Waals surface area contributed by atoms with Crippen molar-refractivity contribution in [1.29, 1.82) is 0 Å². The molecule has 6 heteroatoms. The largest absolute Gasteiger partial charge is 0.343 e. The lowest BCUT2D eigenvalue weighted by Gasteiger charge is -2.21. The smallest absolute Gasteiger partial charge is 0.292 e. The summed E-state index contributed by atoms with van der Waals surface area (Å²) < 4.78 is 2.03. The average molecular weight is 354 g/mol. The van der Waals surface area contributed by atoms with Crippen molar-refractivity contribution < 1.29 is 9.59 Å². The Hall–Kier alpha value is -2.47. The topological polar surface area (TPSA) is 67.2 Å². The van der Waals surface area contributed by atoms with Gasteiger partial charge in [0.1, 0.15) is 0 Å². The SMILES string of the molecule is CC(C)CN1CCCn2nc(CNC(=O)C(=O)c3ccccc3)cc2C1. The number of aryl methyl sites for hydroxylation is 1. The van der Waals surface area contributed by atoms with Crippen LogP contribution in [0.5, 0.6) is 0 Å². The van der Waals surface area contributed by atoms with Gasteiger partial charge in [-0.3, -0.25) is 19.2 Å². The van der Waals surface area contributed by atoms with E-state index in [2.05, 4.69) is 29.2 Å². The number of rotatable bonds is 6. The first-order valence-electron chi connectivity index (χ1n) is 9.18. The molecule has 0 unspecified atom stereocenters. The molecule has 1 aromatic carbocycles. The van der Waals surface area contributed by atoms with Gasteiger partial charge in [0.25, 0.3) is 5.91 Å². The standard InChI is InChI=1S/C20H26N4O2/c1-15(2)13-23-9-6-10-24-18(14-23)11-17(22-24)12-21-20(26)19(25)16-7-4-3-5-8-16/h3-5,7-8,11,15H,6,9-10,12-14H2,1-2H3,(H,21,26). The molecule has 6 nitrogen and oxygen atoms in total. The summed E-state index contributed by atoms with van der Waals surface area (Å²) in [6.45, 7) is 8.65. The molecule has 0 spiro atoms. The lowest BCUT2D eigenvalue weighted by molar-refractivity contribution is -0.117. The van der Waals surface area contributed by atoms with Gasteiger partial charge in [-0.25, -0.2) is 0 Å². The van der Waals surface area contributed by atoms with E-state index in [9.17, 15) is 9.59 Å². The van der Waals surface area contributed by atoms with Crippen LogP contribution in [0.15, 0.2) is 36.4 Å². The number of carbonyl (C=O) groups excluding carboxylic acids is 2. The Morgan fingerprint density at radius 1 is 1.19 bits per heavy atom. The number of nitrogens with zero attached hydrogens (tertiary/aromatic N) is 3. The fourth-order valence-corrected chi connectivity index (χ4v) is 3.32. The molecule has 0 bridgehead atoms. The van der Waals surface area contributed by atoms with Crippen LogP contribution < -0.4 is 5.32 Å². The Labute approximate surface area is 154 Å². The minimum absolute atomic E-state index is 0.265. The van der Waals surface area contributed by atoms with Crippen molar-refractivity contribution in [2.75, 3.05) is 13.1 Å². The molecule has 0 atom stereocenters. The molecular formula is C20H26N4O2. The van der Waals surface area contributed by atoms with Gasteiger partial charge in [0.05, 0.1) is 17.9 Å². The zero-order chi connectivity index (χ0) is 18.5. The molecule has 0 radical (unpaired) electrons. The van der Waals surface area contributed by atoms with Crippen molar-refractivity contribution in [2.45, 2.75) is 39.9 Å². The average Bonchev–Trinajstić information content (AvgIpc) is 2.91. The number of hydrogen-bond donors (Lipinski definition) is 1. The van der Waals surface area contributed by atoms with E-state index in [1.54, 1.807) is 24.3 Å². The second-order valence-electron chi connectivity index (χ2n) is 7.21. The second kappa shape index (κ2) is 8.27. The summed E-state index contributed by atoms with van der Waals surface area (Å²) in [5, 5.41) is 7.28. The molecule has 138 valence electrons. The van der Waals surface area contributed by atoms with E-state index in [-0.39, 0.29) is 6.54 Å². The highest BCUT2D eigenvalue weighted by atomic mass is 16.2. The van der Waals surface area contributed by atoms with E-state index < -0.39 is 11.7 Å². The van der Waals surface area contributed by atoms with Gasteiger partial charge >= 0.3 is 0 Å². The third-order valence-corrected chi connectivity index (χ3v) is 4.44. The lowest BCUT2D eigenvalue weighted by atomic mass is 10.1. The minimum atomic E-state index is -0.596. The number of benzene rings is 1. The zero-order valence-corrected chi connectivity index (χ0v) is 15.4. The number of hydrogen-bond acceptors (Lipinski definition) is 4. The first-order valence-corrected chi connectivity index (χ1v) is 9.18. The Bertz CT molecular complexity index is 767. The van der Waals surface area contributed by atoms with E-state index in [4.69, 9.17) is 0 Å². The minimum Gasteiger partial charge on any atom is -0.343 e. The van der Waals surface area contributed by atoms with Crippen molar-refractivity contribution in [3.8, 4) is 0 Å². The second-order valence-corrected chi connectivity index (χ2v) is 7.21. The summed E-state index contributed by atoms with van der Waals surface area (Å²) in [7, 11) is 0. The van der Waals surface area contributed by atoms with Gasteiger partial charge in [0.2, 0.25) is 5.78 Å². The van der Waals surface area contributed by atoms with Gasteiger partial charge < -0.3 is 5.32 Å². The molecule has 0 fully saturated rings. The Morgan fingerprint density at radius 3 is 2.69 bits per heavy atom. The first-order chi connectivity index (χ1) is 12.5. The molecule has 0 aliphatic carbocycles. The molecule has 26 heavy (non-hydrogen) atoms. The van der Waals surface area contributed by atoms with Crippen LogP contribution in [0.1, 0.15) is 42.0 Å². The third kappa shape index (κ3) is 4.58. The summed E-state index contributed by atoms with van der Waals surface area (Å²) >= 11 is 0. The Balaban J connectivity index is 1.60. The molecule has 1 aromatic heterocycles. The van der Waals surface area contributed by atoms with Crippen LogP contribution in [0.25, 0.3) is 0 Å². The number of nitrogens with one attached hydrogen (secondary N) is 1. The van der Waals surface area contributed by atoms with Crippen LogP contribution in [0.4, 0.5) is 0 Å². The van der Waals surface area contributed by atoms with Crippen molar-refractivity contribution >= 4 is 11.7 Å². The van der Waals surface area contributed by atoms with Crippen LogP contribution in [0.2, 0.25) is 0 Å². The Kier molecular flexibility index (Phi) is 5.83. The summed E-state index contributed by atoms with van der Waals surface area (Å²) in [5.74, 6) is -0.484. The van der Waals surface area contributed by atoms with Gasteiger partial charge in [-0.1, -0.05) is 44.2 Å². The molecule has 2 heterocycles. The highest BCUT2D eigenvalue weighted by Gasteiger charge is 2.19. The van der Waals surface area contributed by atoms with Crippen LogP contribution in [-0.2, 0) is 24.4 Å². The molecule has 0 saturated carbocycles. The zero-order valence-electron chi connectivity index (χ0n) is 15.4. The summed E-state index contributed by atoms with van der Waals surface area (Å²) in [4.78, 5) is 26.6. The van der Waals surface area contributed by atoms with Crippen molar-refractivity contribution in [3.63, 3.8) is 0 Å². The fraction of sp³-hybridized carbons (Fsp3) is 0.450. The van der Waals surface area contributed by atoms with Crippen LogP contribution in [0.3, 0.4) is 0 Å². The van der Waals surface area contributed by atoms with Gasteiger partial charge in [0.15, 0.2) is 0 Å². The molecule has 3 rings (SSSR count).